The Morgan fingerprint density at radius 3 is 2.38 bits per heavy atom. The molecule has 4 nitrogen and oxygen atoms in total. The quantitative estimate of drug-likeness (QED) is 0.714. The maximum atomic E-state index is 6.05. The average molecular weight is 223 g/mol. The highest BCUT2D eigenvalue weighted by Gasteiger charge is 2.56. The van der Waals surface area contributed by atoms with Crippen LogP contribution < -0.4 is 5.46 Å². The lowest BCUT2D eigenvalue weighted by molar-refractivity contribution is -0.0435. The molecule has 0 saturated carbocycles. The van der Waals surface area contributed by atoms with Gasteiger partial charge >= 0.3 is 7.12 Å². The standard InChI is InChI=1S/C11H18BNO3/c1-8(2)11(5)10(3,4)15-12(16-11)9-6-13-14-7-9/h6-8H,1-5H3. The number of rotatable bonds is 2. The average Bonchev–Trinajstić information content (AvgIpc) is 2.74. The van der Waals surface area contributed by atoms with E-state index in [0.29, 0.717) is 5.92 Å². The van der Waals surface area contributed by atoms with Gasteiger partial charge in [0.15, 0.2) is 0 Å². The molecule has 0 spiro atoms. The summed E-state index contributed by atoms with van der Waals surface area (Å²) in [6, 6.07) is 0. The zero-order chi connectivity index (χ0) is 12.0. The Morgan fingerprint density at radius 1 is 1.25 bits per heavy atom. The second-order valence-corrected chi connectivity index (χ2v) is 5.30. The van der Waals surface area contributed by atoms with Crippen molar-refractivity contribution in [2.45, 2.75) is 45.8 Å². The van der Waals surface area contributed by atoms with Crippen LogP contribution in [-0.4, -0.2) is 23.5 Å². The van der Waals surface area contributed by atoms with Gasteiger partial charge in [-0.2, -0.15) is 0 Å². The zero-order valence-corrected chi connectivity index (χ0v) is 10.5. The molecule has 5 heteroatoms. The summed E-state index contributed by atoms with van der Waals surface area (Å²) in [7, 11) is -0.381. The molecule has 0 amide bonds. The zero-order valence-electron chi connectivity index (χ0n) is 10.5. The Bertz CT molecular complexity index is 363. The first-order valence-corrected chi connectivity index (χ1v) is 5.62. The second kappa shape index (κ2) is 3.60. The molecule has 0 aromatic carbocycles. The summed E-state index contributed by atoms with van der Waals surface area (Å²) in [5, 5.41) is 3.67. The minimum Gasteiger partial charge on any atom is -0.399 e. The molecule has 0 aliphatic carbocycles. The fourth-order valence-electron chi connectivity index (χ4n) is 2.07. The first kappa shape index (κ1) is 11.7. The van der Waals surface area contributed by atoms with Crippen molar-refractivity contribution < 1.29 is 13.8 Å². The number of hydrogen-bond donors (Lipinski definition) is 0. The van der Waals surface area contributed by atoms with E-state index < -0.39 is 0 Å². The van der Waals surface area contributed by atoms with Gasteiger partial charge in [-0.05, 0) is 26.7 Å². The highest BCUT2D eigenvalue weighted by atomic mass is 16.7. The van der Waals surface area contributed by atoms with Gasteiger partial charge < -0.3 is 13.8 Å². The van der Waals surface area contributed by atoms with Crippen molar-refractivity contribution in [3.8, 4) is 0 Å². The van der Waals surface area contributed by atoms with Crippen LogP contribution in [0.2, 0.25) is 0 Å². The van der Waals surface area contributed by atoms with E-state index in [2.05, 4.69) is 39.8 Å². The lowest BCUT2D eigenvalue weighted by Gasteiger charge is -2.39. The Morgan fingerprint density at radius 2 is 1.94 bits per heavy atom. The summed E-state index contributed by atoms with van der Waals surface area (Å²) in [5.74, 6) is 0.368. The van der Waals surface area contributed by atoms with E-state index in [9.17, 15) is 0 Å². The molecule has 2 rings (SSSR count). The van der Waals surface area contributed by atoms with Crippen LogP contribution >= 0.6 is 0 Å². The van der Waals surface area contributed by atoms with Gasteiger partial charge in [0, 0.05) is 5.46 Å². The van der Waals surface area contributed by atoms with E-state index in [1.807, 2.05) is 0 Å². The number of hydrogen-bond acceptors (Lipinski definition) is 4. The minimum atomic E-state index is -0.381. The summed E-state index contributed by atoms with van der Waals surface area (Å²) in [5.41, 5.74) is 0.190. The molecule has 2 heterocycles. The van der Waals surface area contributed by atoms with Gasteiger partial charge in [0.2, 0.25) is 0 Å². The van der Waals surface area contributed by atoms with Gasteiger partial charge in [-0.3, -0.25) is 0 Å². The van der Waals surface area contributed by atoms with Gasteiger partial charge in [0.05, 0.1) is 17.4 Å². The molecule has 1 aromatic heterocycles. The molecule has 0 bridgehead atoms. The van der Waals surface area contributed by atoms with E-state index in [0.717, 1.165) is 5.46 Å². The van der Waals surface area contributed by atoms with Gasteiger partial charge in [0.25, 0.3) is 0 Å². The molecular weight excluding hydrogens is 205 g/mol. The van der Waals surface area contributed by atoms with Crippen molar-refractivity contribution in [3.63, 3.8) is 0 Å². The summed E-state index contributed by atoms with van der Waals surface area (Å²) in [4.78, 5) is 0. The van der Waals surface area contributed by atoms with Crippen LogP contribution in [0.5, 0.6) is 0 Å². The number of nitrogens with zero attached hydrogens (tertiary/aromatic N) is 1. The molecule has 16 heavy (non-hydrogen) atoms. The van der Waals surface area contributed by atoms with E-state index in [-0.39, 0.29) is 18.3 Å². The van der Waals surface area contributed by atoms with E-state index in [4.69, 9.17) is 13.8 Å². The summed E-state index contributed by atoms with van der Waals surface area (Å²) >= 11 is 0. The van der Waals surface area contributed by atoms with Crippen LogP contribution in [0.4, 0.5) is 0 Å². The fourth-order valence-corrected chi connectivity index (χ4v) is 2.07. The Labute approximate surface area is 96.4 Å². The van der Waals surface area contributed by atoms with Crippen molar-refractivity contribution in [2.24, 2.45) is 5.92 Å². The molecule has 1 aliphatic rings. The van der Waals surface area contributed by atoms with Gasteiger partial charge in [-0.15, -0.1) is 0 Å². The predicted molar refractivity (Wildman–Crippen MR) is 61.4 cm³/mol. The minimum absolute atomic E-state index is 0.311. The van der Waals surface area contributed by atoms with Gasteiger partial charge in [-0.1, -0.05) is 19.0 Å². The maximum absolute atomic E-state index is 6.05. The molecule has 88 valence electrons. The Balaban J connectivity index is 2.27. The van der Waals surface area contributed by atoms with Crippen molar-refractivity contribution in [1.29, 1.82) is 0 Å². The highest BCUT2D eigenvalue weighted by molar-refractivity contribution is 6.61. The van der Waals surface area contributed by atoms with E-state index in [1.165, 1.54) is 0 Å². The fraction of sp³-hybridized carbons (Fsp3) is 0.727. The normalized spacial score (nSPS) is 29.0. The van der Waals surface area contributed by atoms with Crippen molar-refractivity contribution >= 4 is 12.6 Å². The van der Waals surface area contributed by atoms with E-state index in [1.54, 1.807) is 12.5 Å². The van der Waals surface area contributed by atoms with Crippen LogP contribution in [0.25, 0.3) is 0 Å². The largest absolute Gasteiger partial charge is 0.499 e. The van der Waals surface area contributed by atoms with Crippen molar-refractivity contribution in [2.75, 3.05) is 0 Å². The van der Waals surface area contributed by atoms with Crippen LogP contribution in [0.1, 0.15) is 34.6 Å². The smallest absolute Gasteiger partial charge is 0.399 e. The third kappa shape index (κ3) is 1.58. The highest BCUT2D eigenvalue weighted by Crippen LogP contribution is 2.42. The summed E-state index contributed by atoms with van der Waals surface area (Å²) < 4.78 is 16.8. The molecule has 1 saturated heterocycles. The molecule has 0 N–H and O–H groups in total. The molecule has 1 fully saturated rings. The summed E-state index contributed by atoms with van der Waals surface area (Å²) in [6.45, 7) is 10.5. The Hall–Kier alpha value is -0.805. The van der Waals surface area contributed by atoms with Crippen molar-refractivity contribution in [3.05, 3.63) is 12.5 Å². The third-order valence-electron chi connectivity index (χ3n) is 3.77. The van der Waals surface area contributed by atoms with Crippen molar-refractivity contribution in [1.82, 2.24) is 5.16 Å². The van der Waals surface area contributed by atoms with E-state index >= 15 is 0 Å². The van der Waals surface area contributed by atoms with Crippen LogP contribution in [-0.2, 0) is 9.31 Å². The topological polar surface area (TPSA) is 44.5 Å². The second-order valence-electron chi connectivity index (χ2n) is 5.30. The Kier molecular flexibility index (Phi) is 2.63. The van der Waals surface area contributed by atoms with Crippen LogP contribution in [0.3, 0.4) is 0 Å². The number of aromatic nitrogens is 1. The molecule has 0 radical (unpaired) electrons. The maximum Gasteiger partial charge on any atom is 0.499 e. The first-order chi connectivity index (χ1) is 7.37. The first-order valence-electron chi connectivity index (χ1n) is 5.62. The van der Waals surface area contributed by atoms with Crippen LogP contribution in [0.15, 0.2) is 17.0 Å². The molecule has 1 aromatic rings. The predicted octanol–water partition coefficient (Wildman–Crippen LogP) is 1.61. The third-order valence-corrected chi connectivity index (χ3v) is 3.77. The molecule has 1 unspecified atom stereocenters. The van der Waals surface area contributed by atoms with Gasteiger partial charge in [-0.25, -0.2) is 0 Å². The summed E-state index contributed by atoms with van der Waals surface area (Å²) in [6.07, 6.45) is 3.19. The molecule has 1 atom stereocenters. The molecular formula is C11H18BNO3. The lowest BCUT2D eigenvalue weighted by Crippen LogP contribution is -2.48. The van der Waals surface area contributed by atoms with Crippen LogP contribution in [0, 0.1) is 5.92 Å². The van der Waals surface area contributed by atoms with Gasteiger partial charge in [0.1, 0.15) is 6.26 Å². The monoisotopic (exact) mass is 223 g/mol. The molecule has 1 aliphatic heterocycles. The lowest BCUT2D eigenvalue weighted by atomic mass is 9.79. The SMILES string of the molecule is CC(C)C1(C)OB(c2cnoc2)OC1(C)C.